The van der Waals surface area contributed by atoms with Crippen LogP contribution in [0.4, 0.5) is 5.69 Å². The second kappa shape index (κ2) is 6.06. The van der Waals surface area contributed by atoms with Gasteiger partial charge in [0, 0.05) is 45.5 Å². The predicted molar refractivity (Wildman–Crippen MR) is 76.7 cm³/mol. The molecule has 1 heterocycles. The molecule has 19 heavy (non-hydrogen) atoms. The monoisotopic (exact) mass is 262 g/mol. The average Bonchev–Trinajstić information content (AvgIpc) is 2.46. The SMILES string of the molecule is COC1CCN(C(=O)c2cccc(N(C)C)c2)CC1. The Morgan fingerprint density at radius 2 is 2.00 bits per heavy atom. The van der Waals surface area contributed by atoms with Gasteiger partial charge in [-0.05, 0) is 31.0 Å². The Labute approximate surface area is 115 Å². The number of rotatable bonds is 3. The number of hydrogen-bond acceptors (Lipinski definition) is 3. The minimum absolute atomic E-state index is 0.123. The van der Waals surface area contributed by atoms with Crippen molar-refractivity contribution in [2.45, 2.75) is 18.9 Å². The van der Waals surface area contributed by atoms with Crippen molar-refractivity contribution < 1.29 is 9.53 Å². The van der Waals surface area contributed by atoms with Gasteiger partial charge in [-0.15, -0.1) is 0 Å². The Balaban J connectivity index is 2.06. The van der Waals surface area contributed by atoms with Crippen molar-refractivity contribution in [3.8, 4) is 0 Å². The Morgan fingerprint density at radius 3 is 2.58 bits per heavy atom. The van der Waals surface area contributed by atoms with Gasteiger partial charge in [-0.1, -0.05) is 6.07 Å². The quantitative estimate of drug-likeness (QED) is 0.835. The van der Waals surface area contributed by atoms with Crippen LogP contribution in [0.25, 0.3) is 0 Å². The number of carbonyl (C=O) groups excluding carboxylic acids is 1. The van der Waals surface area contributed by atoms with E-state index >= 15 is 0 Å². The largest absolute Gasteiger partial charge is 0.381 e. The summed E-state index contributed by atoms with van der Waals surface area (Å²) in [7, 11) is 5.70. The molecule has 0 spiro atoms. The summed E-state index contributed by atoms with van der Waals surface area (Å²) in [5.74, 6) is 0.123. The highest BCUT2D eigenvalue weighted by molar-refractivity contribution is 5.95. The molecule has 1 fully saturated rings. The molecular weight excluding hydrogens is 240 g/mol. The molecule has 1 amide bonds. The normalized spacial score (nSPS) is 16.5. The summed E-state index contributed by atoms with van der Waals surface area (Å²) in [5.41, 5.74) is 1.82. The van der Waals surface area contributed by atoms with Crippen LogP contribution < -0.4 is 4.90 Å². The summed E-state index contributed by atoms with van der Waals surface area (Å²) < 4.78 is 5.33. The van der Waals surface area contributed by atoms with E-state index in [1.165, 1.54) is 0 Å². The van der Waals surface area contributed by atoms with Crippen LogP contribution in [0.15, 0.2) is 24.3 Å². The lowest BCUT2D eigenvalue weighted by atomic mass is 10.1. The van der Waals surface area contributed by atoms with Crippen molar-refractivity contribution in [3.05, 3.63) is 29.8 Å². The maximum atomic E-state index is 12.4. The van der Waals surface area contributed by atoms with Gasteiger partial charge in [0.1, 0.15) is 0 Å². The van der Waals surface area contributed by atoms with E-state index in [9.17, 15) is 4.79 Å². The summed E-state index contributed by atoms with van der Waals surface area (Å²) >= 11 is 0. The van der Waals surface area contributed by atoms with Crippen LogP contribution in [0.5, 0.6) is 0 Å². The first-order valence-electron chi connectivity index (χ1n) is 6.71. The molecule has 1 aromatic carbocycles. The number of likely N-dealkylation sites (tertiary alicyclic amines) is 1. The van der Waals surface area contributed by atoms with Gasteiger partial charge in [-0.2, -0.15) is 0 Å². The van der Waals surface area contributed by atoms with E-state index in [2.05, 4.69) is 0 Å². The van der Waals surface area contributed by atoms with Gasteiger partial charge in [0.2, 0.25) is 0 Å². The fourth-order valence-electron chi connectivity index (χ4n) is 2.39. The molecule has 104 valence electrons. The Bertz CT molecular complexity index is 438. The summed E-state index contributed by atoms with van der Waals surface area (Å²) in [6.45, 7) is 1.56. The van der Waals surface area contributed by atoms with Crippen LogP contribution in [0.1, 0.15) is 23.2 Å². The molecular formula is C15H22N2O2. The van der Waals surface area contributed by atoms with Crippen LogP contribution in [0.2, 0.25) is 0 Å². The third-order valence-corrected chi connectivity index (χ3v) is 3.67. The highest BCUT2D eigenvalue weighted by Crippen LogP contribution is 2.18. The van der Waals surface area contributed by atoms with E-state index < -0.39 is 0 Å². The summed E-state index contributed by atoms with van der Waals surface area (Å²) in [6, 6.07) is 7.78. The molecule has 1 saturated heterocycles. The first-order valence-corrected chi connectivity index (χ1v) is 6.71. The molecule has 1 aromatic rings. The third kappa shape index (κ3) is 3.26. The van der Waals surface area contributed by atoms with Crippen LogP contribution in [0, 0.1) is 0 Å². The van der Waals surface area contributed by atoms with Crippen molar-refractivity contribution >= 4 is 11.6 Å². The topological polar surface area (TPSA) is 32.8 Å². The van der Waals surface area contributed by atoms with E-state index in [0.29, 0.717) is 6.10 Å². The van der Waals surface area contributed by atoms with Crippen molar-refractivity contribution in [3.63, 3.8) is 0 Å². The Kier molecular flexibility index (Phi) is 4.43. The first-order chi connectivity index (χ1) is 9.11. The van der Waals surface area contributed by atoms with E-state index in [1.807, 2.05) is 48.2 Å². The molecule has 0 radical (unpaired) electrons. The number of nitrogens with zero attached hydrogens (tertiary/aromatic N) is 2. The van der Waals surface area contributed by atoms with Gasteiger partial charge < -0.3 is 14.5 Å². The summed E-state index contributed by atoms with van der Waals surface area (Å²) in [5, 5.41) is 0. The van der Waals surface area contributed by atoms with Gasteiger partial charge in [0.15, 0.2) is 0 Å². The van der Waals surface area contributed by atoms with E-state index in [-0.39, 0.29) is 5.91 Å². The lowest BCUT2D eigenvalue weighted by molar-refractivity contribution is 0.0351. The fourth-order valence-corrected chi connectivity index (χ4v) is 2.39. The summed E-state index contributed by atoms with van der Waals surface area (Å²) in [4.78, 5) is 16.4. The zero-order chi connectivity index (χ0) is 13.8. The lowest BCUT2D eigenvalue weighted by Crippen LogP contribution is -2.40. The summed E-state index contributed by atoms with van der Waals surface area (Å²) in [6.07, 6.45) is 2.16. The number of piperidine rings is 1. The fraction of sp³-hybridized carbons (Fsp3) is 0.533. The standard InChI is InChI=1S/C15H22N2O2/c1-16(2)13-6-4-5-12(11-13)15(18)17-9-7-14(19-3)8-10-17/h4-6,11,14H,7-10H2,1-3H3. The molecule has 0 N–H and O–H groups in total. The first kappa shape index (κ1) is 13.9. The van der Waals surface area contributed by atoms with Crippen LogP contribution >= 0.6 is 0 Å². The molecule has 0 atom stereocenters. The maximum Gasteiger partial charge on any atom is 0.253 e. The predicted octanol–water partition coefficient (Wildman–Crippen LogP) is 2.00. The van der Waals surface area contributed by atoms with E-state index in [4.69, 9.17) is 4.74 Å². The van der Waals surface area contributed by atoms with Gasteiger partial charge in [0.25, 0.3) is 5.91 Å². The van der Waals surface area contributed by atoms with Gasteiger partial charge in [-0.3, -0.25) is 4.79 Å². The van der Waals surface area contributed by atoms with E-state index in [1.54, 1.807) is 7.11 Å². The van der Waals surface area contributed by atoms with Crippen LogP contribution in [-0.4, -0.2) is 51.2 Å². The average molecular weight is 262 g/mol. The number of ether oxygens (including phenoxy) is 1. The Morgan fingerprint density at radius 1 is 1.32 bits per heavy atom. The highest BCUT2D eigenvalue weighted by atomic mass is 16.5. The smallest absolute Gasteiger partial charge is 0.253 e. The Hall–Kier alpha value is -1.55. The van der Waals surface area contributed by atoms with Crippen molar-refractivity contribution in [1.82, 2.24) is 4.90 Å². The van der Waals surface area contributed by atoms with E-state index in [0.717, 1.165) is 37.2 Å². The molecule has 0 aliphatic carbocycles. The zero-order valence-electron chi connectivity index (χ0n) is 11.9. The van der Waals surface area contributed by atoms with Crippen molar-refractivity contribution in [1.29, 1.82) is 0 Å². The molecule has 1 aliphatic rings. The molecule has 2 rings (SSSR count). The molecule has 4 nitrogen and oxygen atoms in total. The lowest BCUT2D eigenvalue weighted by Gasteiger charge is -2.31. The minimum atomic E-state index is 0.123. The van der Waals surface area contributed by atoms with Gasteiger partial charge >= 0.3 is 0 Å². The zero-order valence-corrected chi connectivity index (χ0v) is 11.9. The minimum Gasteiger partial charge on any atom is -0.381 e. The number of hydrogen-bond donors (Lipinski definition) is 0. The molecule has 4 heteroatoms. The number of amides is 1. The number of carbonyl (C=O) groups is 1. The van der Waals surface area contributed by atoms with Gasteiger partial charge in [0.05, 0.1) is 6.10 Å². The second-order valence-corrected chi connectivity index (χ2v) is 5.17. The number of anilines is 1. The van der Waals surface area contributed by atoms with Crippen molar-refractivity contribution in [2.24, 2.45) is 0 Å². The molecule has 0 unspecified atom stereocenters. The second-order valence-electron chi connectivity index (χ2n) is 5.17. The van der Waals surface area contributed by atoms with Crippen LogP contribution in [-0.2, 0) is 4.74 Å². The molecule has 1 aliphatic heterocycles. The third-order valence-electron chi connectivity index (χ3n) is 3.67. The highest BCUT2D eigenvalue weighted by Gasteiger charge is 2.23. The number of methoxy groups -OCH3 is 1. The maximum absolute atomic E-state index is 12.4. The number of benzene rings is 1. The molecule has 0 bridgehead atoms. The molecule has 0 aromatic heterocycles. The van der Waals surface area contributed by atoms with Gasteiger partial charge in [-0.25, -0.2) is 0 Å². The van der Waals surface area contributed by atoms with Crippen molar-refractivity contribution in [2.75, 3.05) is 39.2 Å². The molecule has 0 saturated carbocycles. The van der Waals surface area contributed by atoms with Crippen LogP contribution in [0.3, 0.4) is 0 Å².